The van der Waals surface area contributed by atoms with Gasteiger partial charge in [-0.2, -0.15) is 0 Å². The number of para-hydroxylation sites is 1. The van der Waals surface area contributed by atoms with Crippen LogP contribution in [0.3, 0.4) is 0 Å². The largest absolute Gasteiger partial charge is 0.506 e. The summed E-state index contributed by atoms with van der Waals surface area (Å²) in [6.07, 6.45) is 0. The van der Waals surface area contributed by atoms with E-state index in [-0.39, 0.29) is 17.1 Å². The Morgan fingerprint density at radius 3 is 2.57 bits per heavy atom. The van der Waals surface area contributed by atoms with Crippen LogP contribution in [0.25, 0.3) is 10.4 Å². The molecule has 0 aliphatic heterocycles. The highest BCUT2D eigenvalue weighted by Gasteiger charge is 2.08. The quantitative estimate of drug-likeness (QED) is 0.232. The van der Waals surface area contributed by atoms with E-state index in [9.17, 15) is 9.90 Å². The number of hydrogen-bond acceptors (Lipinski definition) is 3. The third-order valence-electron chi connectivity index (χ3n) is 2.51. The molecule has 0 bridgehead atoms. The summed E-state index contributed by atoms with van der Waals surface area (Å²) in [5, 5.41) is 18.3. The maximum atomic E-state index is 11.9. The molecule has 0 saturated carbocycles. The lowest BCUT2D eigenvalue weighted by molar-refractivity contribution is 0.262. The third kappa shape index (κ3) is 4.01. The molecule has 21 heavy (non-hydrogen) atoms. The number of benzene rings is 2. The second-order valence-corrected chi connectivity index (χ2v) is 5.11. The zero-order valence-corrected chi connectivity index (χ0v) is 12.8. The van der Waals surface area contributed by atoms with Crippen molar-refractivity contribution < 1.29 is 9.90 Å². The smallest absolute Gasteiger partial charge is 0.323 e. The van der Waals surface area contributed by atoms with Gasteiger partial charge in [-0.15, -0.1) is 0 Å². The highest BCUT2D eigenvalue weighted by molar-refractivity contribution is 14.1. The second kappa shape index (κ2) is 6.82. The fraction of sp³-hybridized carbons (Fsp3) is 0. The number of hydrogen-bond donors (Lipinski definition) is 3. The topological polar surface area (TPSA) is 110 Å². The van der Waals surface area contributed by atoms with E-state index in [1.807, 2.05) is 18.2 Å². The molecule has 2 amide bonds. The summed E-state index contributed by atoms with van der Waals surface area (Å²) >= 11 is 2.11. The molecule has 0 unspecified atom stereocenters. The molecular formula is C13H10IN5O2. The highest BCUT2D eigenvalue weighted by atomic mass is 127. The Hall–Kier alpha value is -2.45. The van der Waals surface area contributed by atoms with Crippen molar-refractivity contribution in [3.8, 4) is 5.75 Å². The Bertz CT molecular complexity index is 728. The Kier molecular flexibility index (Phi) is 4.85. The van der Waals surface area contributed by atoms with E-state index in [0.717, 1.165) is 3.57 Å². The molecule has 0 aliphatic rings. The predicted molar refractivity (Wildman–Crippen MR) is 88.7 cm³/mol. The summed E-state index contributed by atoms with van der Waals surface area (Å²) in [5.41, 5.74) is 9.46. The van der Waals surface area contributed by atoms with Gasteiger partial charge in [-0.25, -0.2) is 4.79 Å². The van der Waals surface area contributed by atoms with Gasteiger partial charge in [0, 0.05) is 14.2 Å². The molecule has 0 spiro atoms. The van der Waals surface area contributed by atoms with Gasteiger partial charge in [0.1, 0.15) is 5.75 Å². The molecule has 2 rings (SSSR count). The van der Waals surface area contributed by atoms with Crippen LogP contribution in [-0.2, 0) is 0 Å². The molecule has 0 aromatic heterocycles. The lowest BCUT2D eigenvalue weighted by atomic mass is 10.2. The average Bonchev–Trinajstić information content (AvgIpc) is 2.45. The van der Waals surface area contributed by atoms with Crippen LogP contribution in [0.5, 0.6) is 5.75 Å². The summed E-state index contributed by atoms with van der Waals surface area (Å²) in [4.78, 5) is 14.5. The van der Waals surface area contributed by atoms with Crippen LogP contribution < -0.4 is 10.6 Å². The normalized spacial score (nSPS) is 9.57. The van der Waals surface area contributed by atoms with E-state index in [1.54, 1.807) is 6.07 Å². The number of phenols is 1. The average molecular weight is 395 g/mol. The first-order valence-corrected chi connectivity index (χ1v) is 6.88. The molecule has 2 aromatic rings. The molecule has 0 fully saturated rings. The number of nitrogens with zero attached hydrogens (tertiary/aromatic N) is 3. The Balaban J connectivity index is 2.10. The number of amides is 2. The number of carbonyl (C=O) groups excluding carboxylic acids is 1. The van der Waals surface area contributed by atoms with E-state index in [2.05, 4.69) is 43.3 Å². The number of anilines is 2. The van der Waals surface area contributed by atoms with Crippen molar-refractivity contribution >= 4 is 45.7 Å². The summed E-state index contributed by atoms with van der Waals surface area (Å²) in [5.74, 6) is -0.183. The summed E-state index contributed by atoms with van der Waals surface area (Å²) < 4.78 is 0.896. The minimum absolute atomic E-state index is 0.183. The fourth-order valence-corrected chi connectivity index (χ4v) is 2.10. The van der Waals surface area contributed by atoms with Crippen LogP contribution in [0.2, 0.25) is 0 Å². The molecule has 2 aromatic carbocycles. The number of phenolic OH excluding ortho intramolecular Hbond substituents is 1. The van der Waals surface area contributed by atoms with Gasteiger partial charge >= 0.3 is 6.03 Å². The van der Waals surface area contributed by atoms with Crippen molar-refractivity contribution in [2.24, 2.45) is 5.11 Å². The SMILES string of the molecule is [N-]=[N+]=Nc1ccc(NC(=O)Nc2ccccc2I)c(O)c1. The third-order valence-corrected chi connectivity index (χ3v) is 3.45. The molecule has 0 radical (unpaired) electrons. The minimum atomic E-state index is -0.481. The van der Waals surface area contributed by atoms with E-state index in [4.69, 9.17) is 5.53 Å². The molecule has 3 N–H and O–H groups in total. The summed E-state index contributed by atoms with van der Waals surface area (Å²) in [6.45, 7) is 0. The lowest BCUT2D eigenvalue weighted by Crippen LogP contribution is -2.19. The van der Waals surface area contributed by atoms with E-state index >= 15 is 0 Å². The van der Waals surface area contributed by atoms with Gasteiger partial charge in [0.05, 0.1) is 11.4 Å². The standard InChI is InChI=1S/C13H10IN5O2/c14-9-3-1-2-4-10(9)16-13(21)17-11-6-5-8(18-19-15)7-12(11)20/h1-7,20H,(H2,16,17,21). The van der Waals surface area contributed by atoms with Crippen molar-refractivity contribution in [3.05, 3.63) is 56.5 Å². The first-order valence-electron chi connectivity index (χ1n) is 5.81. The Labute approximate surface area is 133 Å². The van der Waals surface area contributed by atoms with Gasteiger partial charge in [-0.05, 0) is 52.4 Å². The molecule has 106 valence electrons. The van der Waals surface area contributed by atoms with Crippen molar-refractivity contribution in [1.82, 2.24) is 0 Å². The number of urea groups is 1. The molecule has 0 saturated heterocycles. The van der Waals surface area contributed by atoms with Gasteiger partial charge in [0.2, 0.25) is 0 Å². The van der Waals surface area contributed by atoms with Crippen LogP contribution in [0.15, 0.2) is 47.6 Å². The van der Waals surface area contributed by atoms with Gasteiger partial charge in [-0.1, -0.05) is 23.3 Å². The first-order chi connectivity index (χ1) is 10.1. The van der Waals surface area contributed by atoms with Crippen LogP contribution in [-0.4, -0.2) is 11.1 Å². The molecule has 7 nitrogen and oxygen atoms in total. The number of rotatable bonds is 3. The molecular weight excluding hydrogens is 385 g/mol. The highest BCUT2D eigenvalue weighted by Crippen LogP contribution is 2.28. The summed E-state index contributed by atoms with van der Waals surface area (Å²) in [7, 11) is 0. The predicted octanol–water partition coefficient (Wildman–Crippen LogP) is 4.58. The second-order valence-electron chi connectivity index (χ2n) is 3.95. The van der Waals surface area contributed by atoms with E-state index < -0.39 is 6.03 Å². The van der Waals surface area contributed by atoms with Crippen molar-refractivity contribution in [2.45, 2.75) is 0 Å². The maximum Gasteiger partial charge on any atom is 0.323 e. The van der Waals surface area contributed by atoms with Gasteiger partial charge in [0.15, 0.2) is 0 Å². The zero-order valence-electron chi connectivity index (χ0n) is 10.6. The summed E-state index contributed by atoms with van der Waals surface area (Å²) in [6, 6.07) is 11.0. The van der Waals surface area contributed by atoms with Crippen LogP contribution in [0.1, 0.15) is 0 Å². The van der Waals surface area contributed by atoms with Crippen LogP contribution in [0, 0.1) is 3.57 Å². The van der Waals surface area contributed by atoms with Crippen LogP contribution in [0.4, 0.5) is 21.9 Å². The fourth-order valence-electron chi connectivity index (χ4n) is 1.58. The number of aromatic hydroxyl groups is 1. The van der Waals surface area contributed by atoms with Crippen molar-refractivity contribution in [3.63, 3.8) is 0 Å². The molecule has 8 heteroatoms. The maximum absolute atomic E-state index is 11.9. The first kappa shape index (κ1) is 14.9. The number of halogens is 1. The number of azide groups is 1. The lowest BCUT2D eigenvalue weighted by Gasteiger charge is -2.10. The minimum Gasteiger partial charge on any atom is -0.506 e. The van der Waals surface area contributed by atoms with Gasteiger partial charge in [-0.3, -0.25) is 0 Å². The monoisotopic (exact) mass is 395 g/mol. The van der Waals surface area contributed by atoms with Crippen LogP contribution >= 0.6 is 22.6 Å². The van der Waals surface area contributed by atoms with Gasteiger partial charge < -0.3 is 15.7 Å². The van der Waals surface area contributed by atoms with E-state index in [1.165, 1.54) is 18.2 Å². The number of carbonyl (C=O) groups is 1. The molecule has 0 aliphatic carbocycles. The number of nitrogens with one attached hydrogen (secondary N) is 2. The van der Waals surface area contributed by atoms with Crippen molar-refractivity contribution in [1.29, 1.82) is 0 Å². The Morgan fingerprint density at radius 1 is 1.19 bits per heavy atom. The van der Waals surface area contributed by atoms with E-state index in [0.29, 0.717) is 5.69 Å². The Morgan fingerprint density at radius 2 is 1.90 bits per heavy atom. The van der Waals surface area contributed by atoms with Gasteiger partial charge in [0.25, 0.3) is 0 Å². The van der Waals surface area contributed by atoms with Crippen molar-refractivity contribution in [2.75, 3.05) is 10.6 Å². The molecule has 0 atom stereocenters. The zero-order chi connectivity index (χ0) is 15.2. The molecule has 0 heterocycles.